The molecule has 0 radical (unpaired) electrons. The van der Waals surface area contributed by atoms with Crippen molar-refractivity contribution in [3.05, 3.63) is 34.4 Å². The Morgan fingerprint density at radius 3 is 2.58 bits per heavy atom. The fourth-order valence-corrected chi connectivity index (χ4v) is 4.37. The maximum absolute atomic E-state index is 8.89. The summed E-state index contributed by atoms with van der Waals surface area (Å²) < 4.78 is 0. The molecule has 1 atom stereocenters. The maximum Gasteiger partial charge on any atom is 0.0581 e. The van der Waals surface area contributed by atoms with Crippen molar-refractivity contribution in [3.8, 4) is 0 Å². The van der Waals surface area contributed by atoms with Crippen LogP contribution in [-0.2, 0) is 5.75 Å². The van der Waals surface area contributed by atoms with Gasteiger partial charge in [0.2, 0.25) is 0 Å². The van der Waals surface area contributed by atoms with Crippen LogP contribution in [0, 0.1) is 20.8 Å². The fraction of sp³-hybridized carbons (Fsp3) is 0.562. The molecule has 1 aromatic rings. The zero-order valence-electron chi connectivity index (χ0n) is 12.1. The second-order valence-corrected chi connectivity index (χ2v) is 6.86. The van der Waals surface area contributed by atoms with Gasteiger partial charge in [0.15, 0.2) is 0 Å². The Morgan fingerprint density at radius 1 is 1.26 bits per heavy atom. The monoisotopic (exact) mass is 277 g/mol. The van der Waals surface area contributed by atoms with Crippen LogP contribution < -0.4 is 0 Å². The Balaban J connectivity index is 1.99. The van der Waals surface area contributed by atoms with Crippen LogP contribution in [0.25, 0.3) is 0 Å². The quantitative estimate of drug-likeness (QED) is 0.646. The maximum atomic E-state index is 8.89. The smallest absolute Gasteiger partial charge is 0.0581 e. The van der Waals surface area contributed by atoms with Crippen molar-refractivity contribution in [1.29, 1.82) is 0 Å². The number of benzene rings is 1. The van der Waals surface area contributed by atoms with Crippen LogP contribution in [0.3, 0.4) is 0 Å². The van der Waals surface area contributed by atoms with E-state index in [1.807, 2.05) is 11.8 Å². The lowest BCUT2D eigenvalue weighted by Gasteiger charge is -2.22. The minimum absolute atomic E-state index is 0.611. The number of oxime groups is 1. The molecule has 3 heteroatoms. The van der Waals surface area contributed by atoms with Crippen LogP contribution in [0.2, 0.25) is 0 Å². The molecular formula is C16H23NOS. The molecule has 2 rings (SSSR count). The second-order valence-electron chi connectivity index (χ2n) is 5.57. The van der Waals surface area contributed by atoms with Gasteiger partial charge >= 0.3 is 0 Å². The van der Waals surface area contributed by atoms with E-state index < -0.39 is 0 Å². The van der Waals surface area contributed by atoms with E-state index in [0.29, 0.717) is 5.25 Å². The molecule has 0 aliphatic heterocycles. The van der Waals surface area contributed by atoms with E-state index >= 15 is 0 Å². The molecule has 1 unspecified atom stereocenters. The summed E-state index contributed by atoms with van der Waals surface area (Å²) in [6.45, 7) is 6.57. The van der Waals surface area contributed by atoms with Crippen LogP contribution >= 0.6 is 11.8 Å². The molecule has 1 N–H and O–H groups in total. The summed E-state index contributed by atoms with van der Waals surface area (Å²) in [6, 6.07) is 4.54. The molecule has 1 aliphatic carbocycles. The number of aryl methyl sites for hydroxylation is 3. The van der Waals surface area contributed by atoms with Gasteiger partial charge in [-0.25, -0.2) is 0 Å². The summed E-state index contributed by atoms with van der Waals surface area (Å²) in [4.78, 5) is 0. The highest BCUT2D eigenvalue weighted by atomic mass is 32.2. The first-order valence-corrected chi connectivity index (χ1v) is 8.03. The molecule has 1 aromatic carbocycles. The summed E-state index contributed by atoms with van der Waals surface area (Å²) in [7, 11) is 0. The summed E-state index contributed by atoms with van der Waals surface area (Å²) in [6.07, 6.45) is 4.32. The predicted octanol–water partition coefficient (Wildman–Crippen LogP) is 4.62. The molecule has 19 heavy (non-hydrogen) atoms. The van der Waals surface area contributed by atoms with Gasteiger partial charge in [-0.3, -0.25) is 0 Å². The van der Waals surface area contributed by atoms with E-state index in [0.717, 1.165) is 30.7 Å². The largest absolute Gasteiger partial charge is 0.411 e. The lowest BCUT2D eigenvalue weighted by Crippen LogP contribution is -2.17. The van der Waals surface area contributed by atoms with E-state index in [4.69, 9.17) is 5.21 Å². The van der Waals surface area contributed by atoms with Gasteiger partial charge in [0, 0.05) is 17.4 Å². The predicted molar refractivity (Wildman–Crippen MR) is 83.4 cm³/mol. The lowest BCUT2D eigenvalue weighted by atomic mass is 9.98. The molecule has 1 saturated carbocycles. The number of hydrogen-bond acceptors (Lipinski definition) is 3. The Morgan fingerprint density at radius 2 is 1.95 bits per heavy atom. The standard InChI is InChI=1S/C16H23NOS/c1-11-7-12(2)16(13(3)8-11)10-19-15-6-4-5-14(9-15)17-18/h7-8,15,18H,4-6,9-10H2,1-3H3. The van der Waals surface area contributed by atoms with Gasteiger partial charge in [-0.05, 0) is 56.7 Å². The molecule has 1 fully saturated rings. The molecular weight excluding hydrogens is 254 g/mol. The molecule has 0 aromatic heterocycles. The number of thioether (sulfide) groups is 1. The highest BCUT2D eigenvalue weighted by molar-refractivity contribution is 7.99. The Kier molecular flexibility index (Phi) is 4.92. The van der Waals surface area contributed by atoms with Crippen LogP contribution in [0.15, 0.2) is 17.3 Å². The van der Waals surface area contributed by atoms with Gasteiger partial charge in [-0.2, -0.15) is 11.8 Å². The van der Waals surface area contributed by atoms with Crippen LogP contribution in [0.4, 0.5) is 0 Å². The zero-order chi connectivity index (χ0) is 13.8. The summed E-state index contributed by atoms with van der Waals surface area (Å²) >= 11 is 2.01. The summed E-state index contributed by atoms with van der Waals surface area (Å²) in [5, 5.41) is 12.9. The van der Waals surface area contributed by atoms with Crippen molar-refractivity contribution >= 4 is 17.5 Å². The highest BCUT2D eigenvalue weighted by Gasteiger charge is 2.19. The van der Waals surface area contributed by atoms with E-state index in [9.17, 15) is 0 Å². The van der Waals surface area contributed by atoms with Crippen LogP contribution in [0.5, 0.6) is 0 Å². The third-order valence-electron chi connectivity index (χ3n) is 3.90. The fourth-order valence-electron chi connectivity index (χ4n) is 2.87. The van der Waals surface area contributed by atoms with Crippen molar-refractivity contribution in [2.24, 2.45) is 5.16 Å². The van der Waals surface area contributed by atoms with Crippen LogP contribution in [0.1, 0.15) is 47.9 Å². The van der Waals surface area contributed by atoms with Gasteiger partial charge in [0.25, 0.3) is 0 Å². The number of hydrogen-bond donors (Lipinski definition) is 1. The number of nitrogens with zero attached hydrogens (tertiary/aromatic N) is 1. The molecule has 0 saturated heterocycles. The minimum Gasteiger partial charge on any atom is -0.411 e. The van der Waals surface area contributed by atoms with Gasteiger partial charge in [0.05, 0.1) is 5.71 Å². The van der Waals surface area contributed by atoms with Crippen molar-refractivity contribution in [2.45, 2.75) is 57.5 Å². The van der Waals surface area contributed by atoms with E-state index in [1.54, 1.807) is 0 Å². The molecule has 104 valence electrons. The first-order valence-electron chi connectivity index (χ1n) is 6.98. The third kappa shape index (κ3) is 3.75. The van der Waals surface area contributed by atoms with E-state index in [1.165, 1.54) is 28.7 Å². The summed E-state index contributed by atoms with van der Waals surface area (Å²) in [5.41, 5.74) is 6.59. The average Bonchev–Trinajstić information content (AvgIpc) is 2.37. The van der Waals surface area contributed by atoms with Gasteiger partial charge in [-0.15, -0.1) is 0 Å². The topological polar surface area (TPSA) is 32.6 Å². The Hall–Kier alpha value is -0.960. The molecule has 0 spiro atoms. The second kappa shape index (κ2) is 6.47. The van der Waals surface area contributed by atoms with Gasteiger partial charge < -0.3 is 5.21 Å². The van der Waals surface area contributed by atoms with Crippen molar-refractivity contribution < 1.29 is 5.21 Å². The first kappa shape index (κ1) is 14.4. The van der Waals surface area contributed by atoms with Gasteiger partial charge in [-0.1, -0.05) is 22.9 Å². The minimum atomic E-state index is 0.611. The summed E-state index contributed by atoms with van der Waals surface area (Å²) in [5.74, 6) is 1.07. The third-order valence-corrected chi connectivity index (χ3v) is 5.23. The van der Waals surface area contributed by atoms with Crippen molar-refractivity contribution in [2.75, 3.05) is 0 Å². The number of rotatable bonds is 3. The normalized spacial score (nSPS) is 21.8. The molecule has 0 amide bonds. The zero-order valence-corrected chi connectivity index (χ0v) is 12.9. The Labute approximate surface area is 120 Å². The van der Waals surface area contributed by atoms with E-state index in [2.05, 4.69) is 38.1 Å². The molecule has 1 aliphatic rings. The molecule has 2 nitrogen and oxygen atoms in total. The van der Waals surface area contributed by atoms with Crippen LogP contribution in [-0.4, -0.2) is 16.2 Å². The first-order chi connectivity index (χ1) is 9.10. The Bertz CT molecular complexity index is 459. The van der Waals surface area contributed by atoms with Gasteiger partial charge in [0.1, 0.15) is 0 Å². The molecule has 0 heterocycles. The SMILES string of the molecule is Cc1cc(C)c(CSC2CCCC(=NO)C2)c(C)c1. The van der Waals surface area contributed by atoms with E-state index in [-0.39, 0.29) is 0 Å². The molecule has 0 bridgehead atoms. The van der Waals surface area contributed by atoms with Crippen molar-refractivity contribution in [3.63, 3.8) is 0 Å². The lowest BCUT2D eigenvalue weighted by molar-refractivity contribution is 0.314. The average molecular weight is 277 g/mol. The highest BCUT2D eigenvalue weighted by Crippen LogP contribution is 2.31. The van der Waals surface area contributed by atoms with Crippen molar-refractivity contribution in [1.82, 2.24) is 0 Å².